The fraction of sp³-hybridized carbons (Fsp3) is 0.158. The van der Waals surface area contributed by atoms with Crippen molar-refractivity contribution in [3.63, 3.8) is 0 Å². The van der Waals surface area contributed by atoms with Crippen molar-refractivity contribution in [1.82, 2.24) is 14.6 Å². The van der Waals surface area contributed by atoms with Gasteiger partial charge in [-0.1, -0.05) is 43.3 Å². The average Bonchev–Trinajstić information content (AvgIpc) is 3.05. The van der Waals surface area contributed by atoms with E-state index in [1.54, 1.807) is 0 Å². The minimum Gasteiger partial charge on any atom is -0.494 e. The Morgan fingerprint density at radius 2 is 1.96 bits per heavy atom. The monoisotopic (exact) mass is 303 g/mol. The third-order valence-electron chi connectivity index (χ3n) is 3.79. The van der Waals surface area contributed by atoms with Crippen molar-refractivity contribution in [2.24, 2.45) is 0 Å². The topological polar surface area (TPSA) is 39.4 Å². The molecule has 0 aliphatic carbocycles. The van der Waals surface area contributed by atoms with E-state index in [0.29, 0.717) is 12.4 Å². The average molecular weight is 303 g/mol. The quantitative estimate of drug-likeness (QED) is 0.563. The van der Waals surface area contributed by atoms with E-state index in [1.165, 1.54) is 5.39 Å². The molecule has 2 aromatic carbocycles. The Kier molecular flexibility index (Phi) is 3.42. The maximum absolute atomic E-state index is 5.70. The molecule has 0 bridgehead atoms. The van der Waals surface area contributed by atoms with Gasteiger partial charge in [-0.2, -0.15) is 0 Å². The standard InChI is InChI=1S/C19H17N3O/c1-2-12-23-16-8-5-7-15(13-16)18-20-19-17-9-4-3-6-14(17)10-11-22(19)21-18/h3-11,13H,2,12H2,1H3. The number of hydrogen-bond acceptors (Lipinski definition) is 3. The fourth-order valence-corrected chi connectivity index (χ4v) is 2.67. The molecule has 0 atom stereocenters. The number of pyridine rings is 1. The SMILES string of the molecule is CCCOc1cccc(-c2nc3c4ccccc4ccn3n2)c1. The lowest BCUT2D eigenvalue weighted by Crippen LogP contribution is -1.95. The summed E-state index contributed by atoms with van der Waals surface area (Å²) in [5.74, 6) is 1.57. The molecule has 0 spiro atoms. The number of aromatic nitrogens is 3. The lowest BCUT2D eigenvalue weighted by molar-refractivity contribution is 0.317. The summed E-state index contributed by atoms with van der Waals surface area (Å²) >= 11 is 0. The van der Waals surface area contributed by atoms with Crippen molar-refractivity contribution >= 4 is 16.4 Å². The first-order valence-corrected chi connectivity index (χ1v) is 7.82. The maximum Gasteiger partial charge on any atom is 0.182 e. The van der Waals surface area contributed by atoms with Gasteiger partial charge in [0.2, 0.25) is 0 Å². The van der Waals surface area contributed by atoms with Gasteiger partial charge in [-0.3, -0.25) is 0 Å². The normalized spacial score (nSPS) is 11.2. The molecule has 0 N–H and O–H groups in total. The summed E-state index contributed by atoms with van der Waals surface area (Å²) in [6, 6.07) is 18.2. The minimum atomic E-state index is 0.711. The smallest absolute Gasteiger partial charge is 0.182 e. The first kappa shape index (κ1) is 13.8. The number of ether oxygens (including phenoxy) is 1. The van der Waals surface area contributed by atoms with Gasteiger partial charge in [-0.25, -0.2) is 9.50 Å². The van der Waals surface area contributed by atoms with Gasteiger partial charge in [-0.15, -0.1) is 5.10 Å². The van der Waals surface area contributed by atoms with Gasteiger partial charge in [-0.05, 0) is 30.0 Å². The van der Waals surface area contributed by atoms with Crippen LogP contribution in [0.4, 0.5) is 0 Å². The summed E-state index contributed by atoms with van der Waals surface area (Å²) in [5.41, 5.74) is 1.84. The van der Waals surface area contributed by atoms with Gasteiger partial charge in [0, 0.05) is 17.1 Å². The van der Waals surface area contributed by atoms with E-state index in [4.69, 9.17) is 9.72 Å². The van der Waals surface area contributed by atoms with Crippen LogP contribution in [-0.2, 0) is 0 Å². The summed E-state index contributed by atoms with van der Waals surface area (Å²) in [6.45, 7) is 2.81. The van der Waals surface area contributed by atoms with E-state index in [1.807, 2.05) is 47.1 Å². The molecule has 2 heterocycles. The number of nitrogens with zero attached hydrogens (tertiary/aromatic N) is 3. The molecule has 4 rings (SSSR count). The van der Waals surface area contributed by atoms with E-state index in [-0.39, 0.29) is 0 Å². The summed E-state index contributed by atoms with van der Waals surface area (Å²) in [7, 11) is 0. The van der Waals surface area contributed by atoms with Crippen LogP contribution < -0.4 is 4.74 Å². The van der Waals surface area contributed by atoms with Crippen LogP contribution in [0.3, 0.4) is 0 Å². The van der Waals surface area contributed by atoms with E-state index in [9.17, 15) is 0 Å². The van der Waals surface area contributed by atoms with Crippen LogP contribution in [0.2, 0.25) is 0 Å². The highest BCUT2D eigenvalue weighted by molar-refractivity contribution is 5.94. The lowest BCUT2D eigenvalue weighted by Gasteiger charge is -2.04. The predicted molar refractivity (Wildman–Crippen MR) is 91.7 cm³/mol. The number of fused-ring (bicyclic) bond motifs is 3. The Balaban J connectivity index is 1.81. The van der Waals surface area contributed by atoms with Crippen molar-refractivity contribution in [1.29, 1.82) is 0 Å². The summed E-state index contributed by atoms with van der Waals surface area (Å²) in [5, 5.41) is 6.87. The zero-order valence-electron chi connectivity index (χ0n) is 12.9. The number of rotatable bonds is 4. The molecule has 0 radical (unpaired) electrons. The number of benzene rings is 2. The molecular weight excluding hydrogens is 286 g/mol. The van der Waals surface area contributed by atoms with Gasteiger partial charge in [0.05, 0.1) is 6.61 Å². The third-order valence-corrected chi connectivity index (χ3v) is 3.79. The summed E-state index contributed by atoms with van der Waals surface area (Å²) in [4.78, 5) is 4.73. The largest absolute Gasteiger partial charge is 0.494 e. The molecular formula is C19H17N3O. The van der Waals surface area contributed by atoms with E-state index < -0.39 is 0 Å². The molecule has 0 aliphatic rings. The molecule has 114 valence electrons. The third kappa shape index (κ3) is 2.52. The predicted octanol–water partition coefficient (Wildman–Crippen LogP) is 4.34. The highest BCUT2D eigenvalue weighted by Crippen LogP contribution is 2.24. The van der Waals surface area contributed by atoms with Crippen LogP contribution in [0.15, 0.2) is 60.8 Å². The van der Waals surface area contributed by atoms with Crippen molar-refractivity contribution in [2.75, 3.05) is 6.61 Å². The van der Waals surface area contributed by atoms with Crippen LogP contribution >= 0.6 is 0 Å². The Hall–Kier alpha value is -2.88. The van der Waals surface area contributed by atoms with Gasteiger partial charge in [0.1, 0.15) is 5.75 Å². The van der Waals surface area contributed by atoms with Crippen molar-refractivity contribution in [2.45, 2.75) is 13.3 Å². The molecule has 0 unspecified atom stereocenters. The molecule has 0 saturated carbocycles. The second-order valence-electron chi connectivity index (χ2n) is 5.48. The lowest BCUT2D eigenvalue weighted by atomic mass is 10.2. The van der Waals surface area contributed by atoms with Crippen molar-refractivity contribution in [3.8, 4) is 17.1 Å². The van der Waals surface area contributed by atoms with Crippen LogP contribution in [0, 0.1) is 0 Å². The Bertz CT molecular complexity index is 975. The Labute approximate surface area is 134 Å². The van der Waals surface area contributed by atoms with Gasteiger partial charge >= 0.3 is 0 Å². The molecule has 0 fully saturated rings. The zero-order chi connectivity index (χ0) is 15.6. The first-order valence-electron chi connectivity index (χ1n) is 7.82. The van der Waals surface area contributed by atoms with Gasteiger partial charge in [0.15, 0.2) is 11.5 Å². The van der Waals surface area contributed by atoms with Crippen molar-refractivity contribution < 1.29 is 4.74 Å². The second kappa shape index (κ2) is 5.72. The summed E-state index contributed by atoms with van der Waals surface area (Å²) in [6.07, 6.45) is 2.94. The highest BCUT2D eigenvalue weighted by Gasteiger charge is 2.09. The molecule has 0 saturated heterocycles. The fourth-order valence-electron chi connectivity index (χ4n) is 2.67. The summed E-state index contributed by atoms with van der Waals surface area (Å²) < 4.78 is 7.53. The van der Waals surface area contributed by atoms with E-state index in [0.717, 1.165) is 28.8 Å². The molecule has 2 aromatic heterocycles. The van der Waals surface area contributed by atoms with Gasteiger partial charge in [0.25, 0.3) is 0 Å². The molecule has 23 heavy (non-hydrogen) atoms. The number of hydrogen-bond donors (Lipinski definition) is 0. The molecule has 0 amide bonds. The Morgan fingerprint density at radius 1 is 1.04 bits per heavy atom. The molecule has 4 heteroatoms. The van der Waals surface area contributed by atoms with Crippen molar-refractivity contribution in [3.05, 3.63) is 60.8 Å². The highest BCUT2D eigenvalue weighted by atomic mass is 16.5. The van der Waals surface area contributed by atoms with E-state index >= 15 is 0 Å². The molecule has 0 aliphatic heterocycles. The van der Waals surface area contributed by atoms with Crippen LogP contribution in [-0.4, -0.2) is 21.2 Å². The van der Waals surface area contributed by atoms with Gasteiger partial charge < -0.3 is 4.74 Å². The van der Waals surface area contributed by atoms with Crippen LogP contribution in [0.25, 0.3) is 27.8 Å². The maximum atomic E-state index is 5.70. The van der Waals surface area contributed by atoms with Crippen LogP contribution in [0.5, 0.6) is 5.75 Å². The molecule has 4 aromatic rings. The Morgan fingerprint density at radius 3 is 2.87 bits per heavy atom. The zero-order valence-corrected chi connectivity index (χ0v) is 12.9. The molecule has 4 nitrogen and oxygen atoms in total. The van der Waals surface area contributed by atoms with E-state index in [2.05, 4.69) is 30.2 Å². The second-order valence-corrected chi connectivity index (χ2v) is 5.48. The minimum absolute atomic E-state index is 0.711. The first-order chi connectivity index (χ1) is 11.3. The van der Waals surface area contributed by atoms with Crippen LogP contribution in [0.1, 0.15) is 13.3 Å².